The molecular weight excluding hydrogens is 270 g/mol. The van der Waals surface area contributed by atoms with Crippen molar-refractivity contribution < 1.29 is 9.26 Å². The van der Waals surface area contributed by atoms with Crippen molar-refractivity contribution in [3.05, 3.63) is 42.5 Å². The van der Waals surface area contributed by atoms with Gasteiger partial charge in [-0.3, -0.25) is 4.68 Å². The van der Waals surface area contributed by atoms with Crippen molar-refractivity contribution in [2.75, 3.05) is 12.3 Å². The van der Waals surface area contributed by atoms with Gasteiger partial charge in [-0.15, -0.1) is 0 Å². The number of nitrogens with zero attached hydrogens (tertiary/aromatic N) is 4. The molecule has 7 nitrogen and oxygen atoms in total. The summed E-state index contributed by atoms with van der Waals surface area (Å²) in [6.07, 6.45) is 3.28. The first-order valence-electron chi connectivity index (χ1n) is 6.59. The second-order valence-corrected chi connectivity index (χ2v) is 4.41. The van der Waals surface area contributed by atoms with Crippen LogP contribution in [0.4, 0.5) is 5.69 Å². The van der Waals surface area contributed by atoms with Gasteiger partial charge in [-0.1, -0.05) is 17.3 Å². The van der Waals surface area contributed by atoms with Crippen molar-refractivity contribution >= 4 is 5.69 Å². The molecule has 0 bridgehead atoms. The second-order valence-electron chi connectivity index (χ2n) is 4.41. The van der Waals surface area contributed by atoms with Crippen LogP contribution in [0.1, 0.15) is 12.8 Å². The molecule has 0 aliphatic carbocycles. The van der Waals surface area contributed by atoms with Crippen molar-refractivity contribution in [1.29, 1.82) is 0 Å². The molecule has 7 heteroatoms. The highest BCUT2D eigenvalue weighted by Crippen LogP contribution is 2.27. The third-order valence-corrected chi connectivity index (χ3v) is 2.85. The first-order chi connectivity index (χ1) is 10.3. The molecule has 2 heterocycles. The highest BCUT2D eigenvalue weighted by Gasteiger charge is 2.13. The van der Waals surface area contributed by atoms with E-state index in [1.807, 2.05) is 31.2 Å². The number of nitrogens with two attached hydrogens (primary N) is 1. The summed E-state index contributed by atoms with van der Waals surface area (Å²) < 4.78 is 12.5. The van der Waals surface area contributed by atoms with E-state index in [9.17, 15) is 0 Å². The molecule has 0 amide bonds. The van der Waals surface area contributed by atoms with E-state index >= 15 is 0 Å². The minimum Gasteiger partial charge on any atom is -0.493 e. The van der Waals surface area contributed by atoms with Crippen molar-refractivity contribution in [2.45, 2.75) is 13.5 Å². The maximum atomic E-state index is 5.62. The smallest absolute Gasteiger partial charge is 0.248 e. The van der Waals surface area contributed by atoms with Gasteiger partial charge in [0.05, 0.1) is 24.1 Å². The number of ether oxygens (including phenoxy) is 1. The predicted octanol–water partition coefficient (Wildman–Crippen LogP) is 1.96. The van der Waals surface area contributed by atoms with Crippen LogP contribution >= 0.6 is 0 Å². The molecule has 2 N–H and O–H groups in total. The lowest BCUT2D eigenvalue weighted by atomic mass is 10.2. The quantitative estimate of drug-likeness (QED) is 0.770. The Balaban J connectivity index is 1.84. The van der Waals surface area contributed by atoms with Crippen molar-refractivity contribution in [3.63, 3.8) is 0 Å². The van der Waals surface area contributed by atoms with Crippen LogP contribution in [0.5, 0.6) is 5.75 Å². The van der Waals surface area contributed by atoms with Gasteiger partial charge in [0, 0.05) is 6.20 Å². The molecule has 0 radical (unpaired) electrons. The first kappa shape index (κ1) is 13.2. The van der Waals surface area contributed by atoms with E-state index in [1.165, 1.54) is 0 Å². The summed E-state index contributed by atoms with van der Waals surface area (Å²) in [6, 6.07) is 7.58. The average molecular weight is 285 g/mol. The summed E-state index contributed by atoms with van der Waals surface area (Å²) in [4.78, 5) is 4.37. The Morgan fingerprint density at radius 2 is 2.19 bits per heavy atom. The fourth-order valence-electron chi connectivity index (χ4n) is 1.97. The topological polar surface area (TPSA) is 92.0 Å². The largest absolute Gasteiger partial charge is 0.493 e. The van der Waals surface area contributed by atoms with Gasteiger partial charge in [-0.2, -0.15) is 10.1 Å². The zero-order valence-corrected chi connectivity index (χ0v) is 11.6. The molecule has 21 heavy (non-hydrogen) atoms. The van der Waals surface area contributed by atoms with Crippen LogP contribution in [0.25, 0.3) is 11.4 Å². The SMILES string of the molecule is CCOc1ccccc1-c1noc(Cn2cc(N)cn2)n1. The van der Waals surface area contributed by atoms with Crippen LogP contribution < -0.4 is 10.5 Å². The number of rotatable bonds is 5. The summed E-state index contributed by atoms with van der Waals surface area (Å²) in [7, 11) is 0. The highest BCUT2D eigenvalue weighted by molar-refractivity contribution is 5.63. The maximum Gasteiger partial charge on any atom is 0.248 e. The molecule has 0 aliphatic heterocycles. The summed E-state index contributed by atoms with van der Waals surface area (Å²) in [5, 5.41) is 8.07. The number of nitrogen functional groups attached to an aromatic ring is 1. The number of para-hydroxylation sites is 1. The standard InChI is InChI=1S/C14H15N5O2/c1-2-20-12-6-4-3-5-11(12)14-17-13(21-18-14)9-19-8-10(15)7-16-19/h3-8H,2,9,15H2,1H3. The van der Waals surface area contributed by atoms with Crippen LogP contribution in [0.2, 0.25) is 0 Å². The van der Waals surface area contributed by atoms with E-state index in [4.69, 9.17) is 15.0 Å². The van der Waals surface area contributed by atoms with Gasteiger partial charge in [-0.25, -0.2) is 0 Å². The van der Waals surface area contributed by atoms with E-state index < -0.39 is 0 Å². The third-order valence-electron chi connectivity index (χ3n) is 2.85. The van der Waals surface area contributed by atoms with Crippen molar-refractivity contribution in [2.24, 2.45) is 0 Å². The van der Waals surface area contributed by atoms with E-state index in [-0.39, 0.29) is 0 Å². The molecule has 0 aliphatic rings. The van der Waals surface area contributed by atoms with E-state index in [1.54, 1.807) is 17.1 Å². The molecular formula is C14H15N5O2. The lowest BCUT2D eigenvalue weighted by Gasteiger charge is -2.05. The normalized spacial score (nSPS) is 10.7. The third kappa shape index (κ3) is 2.86. The summed E-state index contributed by atoms with van der Waals surface area (Å²) in [5.74, 6) is 1.68. The number of hydrogen-bond donors (Lipinski definition) is 1. The average Bonchev–Trinajstić information content (AvgIpc) is 3.10. The van der Waals surface area contributed by atoms with Gasteiger partial charge in [-0.05, 0) is 19.1 Å². The summed E-state index contributed by atoms with van der Waals surface area (Å²) in [6.45, 7) is 2.88. The lowest BCUT2D eigenvalue weighted by molar-refractivity contribution is 0.340. The molecule has 0 spiro atoms. The van der Waals surface area contributed by atoms with Gasteiger partial charge in [0.1, 0.15) is 12.3 Å². The predicted molar refractivity (Wildman–Crippen MR) is 76.6 cm³/mol. The van der Waals surface area contributed by atoms with Gasteiger partial charge in [0.25, 0.3) is 0 Å². The van der Waals surface area contributed by atoms with E-state index in [2.05, 4.69) is 15.2 Å². The zero-order chi connectivity index (χ0) is 14.7. The molecule has 0 unspecified atom stereocenters. The summed E-state index contributed by atoms with van der Waals surface area (Å²) >= 11 is 0. The number of anilines is 1. The first-order valence-corrected chi connectivity index (χ1v) is 6.59. The van der Waals surface area contributed by atoms with Crippen LogP contribution in [-0.2, 0) is 6.54 Å². The van der Waals surface area contributed by atoms with Gasteiger partial charge in [0.2, 0.25) is 11.7 Å². The summed E-state index contributed by atoms with van der Waals surface area (Å²) in [5.41, 5.74) is 7.01. The van der Waals surface area contributed by atoms with Crippen LogP contribution in [0.3, 0.4) is 0 Å². The number of benzene rings is 1. The Labute approximate surface area is 121 Å². The monoisotopic (exact) mass is 285 g/mol. The minimum absolute atomic E-state index is 0.376. The van der Waals surface area contributed by atoms with Gasteiger partial charge in [0.15, 0.2) is 0 Å². The fraction of sp³-hybridized carbons (Fsp3) is 0.214. The molecule has 0 fully saturated rings. The number of aromatic nitrogens is 4. The molecule has 3 aromatic rings. The Morgan fingerprint density at radius 3 is 2.95 bits per heavy atom. The highest BCUT2D eigenvalue weighted by atomic mass is 16.5. The van der Waals surface area contributed by atoms with Crippen LogP contribution in [0.15, 0.2) is 41.2 Å². The Kier molecular flexibility index (Phi) is 3.55. The minimum atomic E-state index is 0.376. The van der Waals surface area contributed by atoms with Crippen molar-refractivity contribution in [3.8, 4) is 17.1 Å². The molecule has 1 aromatic carbocycles. The van der Waals surface area contributed by atoms with Crippen LogP contribution in [0, 0.1) is 0 Å². The van der Waals surface area contributed by atoms with Crippen LogP contribution in [-0.4, -0.2) is 26.5 Å². The molecule has 108 valence electrons. The fourth-order valence-corrected chi connectivity index (χ4v) is 1.97. The van der Waals surface area contributed by atoms with E-state index in [0.717, 1.165) is 11.3 Å². The Bertz CT molecular complexity index is 734. The molecule has 3 rings (SSSR count). The van der Waals surface area contributed by atoms with E-state index in [0.29, 0.717) is 30.6 Å². The molecule has 0 atom stereocenters. The van der Waals surface area contributed by atoms with Crippen molar-refractivity contribution in [1.82, 2.24) is 19.9 Å². The molecule has 0 saturated heterocycles. The Morgan fingerprint density at radius 1 is 1.33 bits per heavy atom. The second kappa shape index (κ2) is 5.66. The molecule has 2 aromatic heterocycles. The number of hydrogen-bond acceptors (Lipinski definition) is 6. The zero-order valence-electron chi connectivity index (χ0n) is 11.6. The lowest BCUT2D eigenvalue weighted by Crippen LogP contribution is -2.00. The van der Waals surface area contributed by atoms with Gasteiger partial charge >= 0.3 is 0 Å². The molecule has 0 saturated carbocycles. The van der Waals surface area contributed by atoms with Gasteiger partial charge < -0.3 is 15.0 Å². The maximum absolute atomic E-state index is 5.62. The Hall–Kier alpha value is -2.83.